The molecule has 128 valence electrons. The van der Waals surface area contributed by atoms with Crippen molar-refractivity contribution in [2.45, 2.75) is 22.5 Å². The largest absolute Gasteiger partial charge is 0.309 e. The molecule has 5 nitrogen and oxygen atoms in total. The summed E-state index contributed by atoms with van der Waals surface area (Å²) in [5.41, 5.74) is 0. The first-order valence-corrected chi connectivity index (χ1v) is 11.3. The van der Waals surface area contributed by atoms with Gasteiger partial charge in [-0.1, -0.05) is 17.4 Å². The summed E-state index contributed by atoms with van der Waals surface area (Å²) < 4.78 is 4.95. The molecule has 0 bridgehead atoms. The van der Waals surface area contributed by atoms with E-state index in [-0.39, 0.29) is 0 Å². The highest BCUT2D eigenvalue weighted by atomic mass is 79.9. The maximum atomic E-state index is 4.49. The van der Waals surface area contributed by atoms with E-state index in [4.69, 9.17) is 0 Å². The van der Waals surface area contributed by atoms with Crippen LogP contribution >= 0.6 is 66.3 Å². The van der Waals surface area contributed by atoms with Crippen LogP contribution in [0.15, 0.2) is 35.4 Å². The molecule has 0 saturated heterocycles. The Bertz CT molecular complexity index is 778. The topological polar surface area (TPSA) is 46.8 Å². The van der Waals surface area contributed by atoms with Crippen LogP contribution in [0.5, 0.6) is 0 Å². The van der Waals surface area contributed by atoms with E-state index in [2.05, 4.69) is 82.1 Å². The Hall–Kier alpha value is -0.260. The Morgan fingerprint density at radius 1 is 1.29 bits per heavy atom. The molecule has 3 heterocycles. The first-order valence-electron chi connectivity index (χ1n) is 7.16. The number of hydrogen-bond acceptors (Lipinski definition) is 7. The summed E-state index contributed by atoms with van der Waals surface area (Å²) in [6.07, 6.45) is 1.04. The van der Waals surface area contributed by atoms with Crippen LogP contribution in [0.4, 0.5) is 0 Å². The zero-order valence-electron chi connectivity index (χ0n) is 13.1. The SMILES string of the molecule is CN(C)CCCn1c(Sc2nc(Br)c(Br)s2)nnc1-c1cccs1. The maximum Gasteiger partial charge on any atom is 0.198 e. The van der Waals surface area contributed by atoms with Crippen LogP contribution in [-0.4, -0.2) is 45.3 Å². The summed E-state index contributed by atoms with van der Waals surface area (Å²) in [6.45, 7) is 1.91. The highest BCUT2D eigenvalue weighted by Gasteiger charge is 2.18. The van der Waals surface area contributed by atoms with Crippen molar-refractivity contribution in [2.24, 2.45) is 0 Å². The number of rotatable bonds is 7. The molecule has 0 aliphatic rings. The minimum absolute atomic E-state index is 0.826. The molecule has 0 aliphatic carbocycles. The van der Waals surface area contributed by atoms with Crippen molar-refractivity contribution in [1.82, 2.24) is 24.6 Å². The van der Waals surface area contributed by atoms with Gasteiger partial charge in [-0.15, -0.1) is 21.5 Å². The van der Waals surface area contributed by atoms with Gasteiger partial charge in [0.2, 0.25) is 0 Å². The van der Waals surface area contributed by atoms with Crippen LogP contribution in [-0.2, 0) is 6.54 Å². The minimum atomic E-state index is 0.826. The molecule has 0 fully saturated rings. The zero-order valence-corrected chi connectivity index (χ0v) is 18.7. The molecule has 0 spiro atoms. The minimum Gasteiger partial charge on any atom is -0.309 e. The van der Waals surface area contributed by atoms with Crippen LogP contribution in [0.2, 0.25) is 0 Å². The summed E-state index contributed by atoms with van der Waals surface area (Å²) in [5, 5.41) is 11.8. The number of thiophene rings is 1. The lowest BCUT2D eigenvalue weighted by atomic mass is 10.4. The third-order valence-electron chi connectivity index (χ3n) is 3.15. The molecule has 0 amide bonds. The molecule has 0 atom stereocenters. The molecule has 0 unspecified atom stereocenters. The second-order valence-corrected chi connectivity index (χ2v) is 10.5. The Balaban J connectivity index is 1.87. The van der Waals surface area contributed by atoms with Gasteiger partial charge in [0.15, 0.2) is 15.3 Å². The van der Waals surface area contributed by atoms with E-state index in [0.29, 0.717) is 0 Å². The number of nitrogens with zero attached hydrogens (tertiary/aromatic N) is 5. The van der Waals surface area contributed by atoms with Gasteiger partial charge in [0.25, 0.3) is 0 Å². The number of hydrogen-bond donors (Lipinski definition) is 0. The van der Waals surface area contributed by atoms with Gasteiger partial charge in [0.1, 0.15) is 8.39 Å². The fraction of sp³-hybridized carbons (Fsp3) is 0.357. The fourth-order valence-electron chi connectivity index (χ4n) is 2.09. The van der Waals surface area contributed by atoms with Gasteiger partial charge in [-0.2, -0.15) is 0 Å². The Labute approximate surface area is 169 Å². The summed E-state index contributed by atoms with van der Waals surface area (Å²) in [6, 6.07) is 4.13. The third kappa shape index (κ3) is 4.47. The molecule has 3 aromatic rings. The molecule has 0 radical (unpaired) electrons. The van der Waals surface area contributed by atoms with E-state index in [1.54, 1.807) is 34.4 Å². The monoisotopic (exact) mass is 507 g/mol. The van der Waals surface area contributed by atoms with E-state index < -0.39 is 0 Å². The predicted octanol–water partition coefficient (Wildman–Crippen LogP) is 5.09. The lowest BCUT2D eigenvalue weighted by Crippen LogP contribution is -2.15. The van der Waals surface area contributed by atoms with E-state index in [0.717, 1.165) is 48.1 Å². The van der Waals surface area contributed by atoms with Crippen molar-refractivity contribution in [3.05, 3.63) is 25.9 Å². The van der Waals surface area contributed by atoms with Gasteiger partial charge in [-0.3, -0.25) is 0 Å². The maximum absolute atomic E-state index is 4.49. The molecule has 0 saturated carbocycles. The van der Waals surface area contributed by atoms with Gasteiger partial charge < -0.3 is 9.47 Å². The lowest BCUT2D eigenvalue weighted by Gasteiger charge is -2.12. The summed E-state index contributed by atoms with van der Waals surface area (Å²) in [7, 11) is 4.18. The average Bonchev–Trinajstić information content (AvgIpc) is 3.22. The molecule has 0 N–H and O–H groups in total. The van der Waals surface area contributed by atoms with Gasteiger partial charge in [-0.25, -0.2) is 4.98 Å². The first kappa shape index (κ1) is 18.5. The van der Waals surface area contributed by atoms with Crippen molar-refractivity contribution < 1.29 is 0 Å². The quantitative estimate of drug-likeness (QED) is 0.444. The lowest BCUT2D eigenvalue weighted by molar-refractivity contribution is 0.383. The van der Waals surface area contributed by atoms with Crippen LogP contribution in [0.3, 0.4) is 0 Å². The van der Waals surface area contributed by atoms with Crippen LogP contribution < -0.4 is 0 Å². The van der Waals surface area contributed by atoms with Crippen molar-refractivity contribution in [1.29, 1.82) is 0 Å². The van der Waals surface area contributed by atoms with Crippen molar-refractivity contribution in [2.75, 3.05) is 20.6 Å². The zero-order chi connectivity index (χ0) is 17.1. The Morgan fingerprint density at radius 2 is 2.12 bits per heavy atom. The molecular formula is C14H15Br2N5S3. The van der Waals surface area contributed by atoms with E-state index in [9.17, 15) is 0 Å². The fourth-order valence-corrected chi connectivity index (χ4v) is 6.05. The summed E-state index contributed by atoms with van der Waals surface area (Å²) in [5.74, 6) is 0.931. The third-order valence-corrected chi connectivity index (χ3v) is 8.14. The molecule has 0 aliphatic heterocycles. The Kier molecular flexibility index (Phi) is 6.50. The van der Waals surface area contributed by atoms with Gasteiger partial charge >= 0.3 is 0 Å². The Morgan fingerprint density at radius 3 is 2.75 bits per heavy atom. The molecule has 24 heavy (non-hydrogen) atoms. The van der Waals surface area contributed by atoms with Crippen molar-refractivity contribution in [3.8, 4) is 10.7 Å². The second-order valence-electron chi connectivity index (χ2n) is 5.24. The number of halogens is 2. The van der Waals surface area contributed by atoms with Crippen LogP contribution in [0, 0.1) is 0 Å². The average molecular weight is 509 g/mol. The van der Waals surface area contributed by atoms with Gasteiger partial charge in [0, 0.05) is 6.54 Å². The standard InChI is InChI=1S/C14H15Br2N5S3/c1-20(2)6-4-7-21-12(9-5-3-8-22-9)18-19-13(21)24-14-17-10(15)11(16)23-14/h3,5,8H,4,6-7H2,1-2H3. The van der Waals surface area contributed by atoms with E-state index in [1.807, 2.05) is 6.07 Å². The van der Waals surface area contributed by atoms with Crippen LogP contribution in [0.25, 0.3) is 10.7 Å². The van der Waals surface area contributed by atoms with Gasteiger partial charge in [0.05, 0.1) is 4.88 Å². The smallest absolute Gasteiger partial charge is 0.198 e. The highest BCUT2D eigenvalue weighted by molar-refractivity contribution is 9.13. The normalized spacial score (nSPS) is 11.5. The van der Waals surface area contributed by atoms with E-state index >= 15 is 0 Å². The summed E-state index contributed by atoms with van der Waals surface area (Å²) >= 11 is 11.8. The molecule has 0 aromatic carbocycles. The predicted molar refractivity (Wildman–Crippen MR) is 108 cm³/mol. The first-order chi connectivity index (χ1) is 11.5. The molecule has 10 heteroatoms. The highest BCUT2D eigenvalue weighted by Crippen LogP contribution is 2.38. The molecule has 3 rings (SSSR count). The van der Waals surface area contributed by atoms with Crippen molar-refractivity contribution >= 4 is 66.3 Å². The van der Waals surface area contributed by atoms with Crippen molar-refractivity contribution in [3.63, 3.8) is 0 Å². The summed E-state index contributed by atoms with van der Waals surface area (Å²) in [4.78, 5) is 7.82. The number of thiazole rings is 1. The van der Waals surface area contributed by atoms with E-state index in [1.165, 1.54) is 0 Å². The number of aromatic nitrogens is 4. The second kappa shape index (κ2) is 8.41. The van der Waals surface area contributed by atoms with Gasteiger partial charge in [-0.05, 0) is 82.1 Å². The molecule has 3 aromatic heterocycles. The molecular weight excluding hydrogens is 494 g/mol. The van der Waals surface area contributed by atoms with Crippen LogP contribution in [0.1, 0.15) is 6.42 Å².